The molecule has 2 rings (SSSR count). The predicted octanol–water partition coefficient (Wildman–Crippen LogP) is 1.55. The van der Waals surface area contributed by atoms with E-state index >= 15 is 0 Å². The maximum Gasteiger partial charge on any atom is 0.0572 e. The molecule has 1 saturated heterocycles. The summed E-state index contributed by atoms with van der Waals surface area (Å²) in [6.45, 7) is 4.50. The highest BCUT2D eigenvalue weighted by atomic mass is 16.5. The number of nitrogens with two attached hydrogens (primary N) is 1. The van der Waals surface area contributed by atoms with Gasteiger partial charge in [0.05, 0.1) is 6.10 Å². The summed E-state index contributed by atoms with van der Waals surface area (Å²) < 4.78 is 5.51. The first kappa shape index (κ1) is 16.2. The number of nitrogens with zero attached hydrogens (tertiary/aromatic N) is 2. The van der Waals surface area contributed by atoms with Crippen molar-refractivity contribution in [1.29, 1.82) is 0 Å². The molecule has 0 amide bonds. The van der Waals surface area contributed by atoms with Gasteiger partial charge in [-0.25, -0.2) is 0 Å². The van der Waals surface area contributed by atoms with Gasteiger partial charge < -0.3 is 15.4 Å². The van der Waals surface area contributed by atoms with Crippen LogP contribution in [0.4, 0.5) is 0 Å². The Balaban J connectivity index is 1.87. The lowest BCUT2D eigenvalue weighted by atomic mass is 9.78. The van der Waals surface area contributed by atoms with E-state index in [-0.39, 0.29) is 5.54 Å². The Bertz CT molecular complexity index is 281. The Morgan fingerprint density at radius 1 is 1.20 bits per heavy atom. The van der Waals surface area contributed by atoms with Gasteiger partial charge in [0.25, 0.3) is 0 Å². The van der Waals surface area contributed by atoms with Crippen LogP contribution >= 0.6 is 0 Å². The number of likely N-dealkylation sites (tertiary alicyclic amines) is 1. The third-order valence-corrected chi connectivity index (χ3v) is 5.76. The first-order valence-electron chi connectivity index (χ1n) is 8.22. The molecule has 20 heavy (non-hydrogen) atoms. The molecule has 0 aromatic rings. The molecule has 4 nitrogen and oxygen atoms in total. The van der Waals surface area contributed by atoms with E-state index in [9.17, 15) is 0 Å². The standard InChI is InChI=1S/C16H33N3O/c1-18-10-6-14(7-11-18)12-19(2)16(13-17)8-4-15(20-3)5-9-16/h14-15H,4-13,17H2,1-3H3. The van der Waals surface area contributed by atoms with E-state index in [1.165, 1.54) is 45.3 Å². The summed E-state index contributed by atoms with van der Waals surface area (Å²) in [6.07, 6.45) is 7.81. The summed E-state index contributed by atoms with van der Waals surface area (Å²) in [4.78, 5) is 5.02. The van der Waals surface area contributed by atoms with Crippen LogP contribution < -0.4 is 5.73 Å². The summed E-state index contributed by atoms with van der Waals surface area (Å²) in [6, 6.07) is 0. The fraction of sp³-hybridized carbons (Fsp3) is 1.00. The van der Waals surface area contributed by atoms with Crippen LogP contribution in [0.1, 0.15) is 38.5 Å². The Morgan fingerprint density at radius 2 is 1.80 bits per heavy atom. The Labute approximate surface area is 124 Å². The molecular weight excluding hydrogens is 250 g/mol. The van der Waals surface area contributed by atoms with Gasteiger partial charge in [-0.05, 0) is 71.6 Å². The first-order valence-corrected chi connectivity index (χ1v) is 8.22. The van der Waals surface area contributed by atoms with Gasteiger partial charge in [0, 0.05) is 25.7 Å². The largest absolute Gasteiger partial charge is 0.381 e. The lowest BCUT2D eigenvalue weighted by Gasteiger charge is -2.47. The van der Waals surface area contributed by atoms with Crippen LogP contribution in [-0.2, 0) is 4.74 Å². The zero-order chi connectivity index (χ0) is 14.6. The van der Waals surface area contributed by atoms with Crippen molar-refractivity contribution in [3.05, 3.63) is 0 Å². The number of methoxy groups -OCH3 is 1. The maximum absolute atomic E-state index is 6.16. The number of hydrogen-bond donors (Lipinski definition) is 1. The molecule has 118 valence electrons. The molecule has 4 heteroatoms. The van der Waals surface area contributed by atoms with Gasteiger partial charge in [-0.15, -0.1) is 0 Å². The molecular formula is C16H33N3O. The van der Waals surface area contributed by atoms with Crippen molar-refractivity contribution in [2.75, 3.05) is 47.4 Å². The van der Waals surface area contributed by atoms with Gasteiger partial charge in [-0.1, -0.05) is 0 Å². The van der Waals surface area contributed by atoms with Crippen molar-refractivity contribution in [1.82, 2.24) is 9.80 Å². The van der Waals surface area contributed by atoms with E-state index in [4.69, 9.17) is 10.5 Å². The minimum absolute atomic E-state index is 0.221. The maximum atomic E-state index is 6.16. The van der Waals surface area contributed by atoms with Gasteiger partial charge >= 0.3 is 0 Å². The normalized spacial score (nSPS) is 33.8. The molecule has 0 radical (unpaired) electrons. The van der Waals surface area contributed by atoms with Crippen molar-refractivity contribution in [2.45, 2.75) is 50.2 Å². The SMILES string of the molecule is COC1CCC(CN)(N(C)CC2CCN(C)CC2)CC1. The van der Waals surface area contributed by atoms with Gasteiger partial charge in [-0.3, -0.25) is 4.90 Å². The lowest BCUT2D eigenvalue weighted by Crippen LogP contribution is -2.56. The Hall–Kier alpha value is -0.160. The van der Waals surface area contributed by atoms with Gasteiger partial charge in [-0.2, -0.15) is 0 Å². The van der Waals surface area contributed by atoms with Crippen LogP contribution in [-0.4, -0.2) is 68.8 Å². The van der Waals surface area contributed by atoms with Crippen molar-refractivity contribution in [3.63, 3.8) is 0 Å². The highest BCUT2D eigenvalue weighted by Crippen LogP contribution is 2.34. The third-order valence-electron chi connectivity index (χ3n) is 5.76. The average Bonchev–Trinajstić information content (AvgIpc) is 2.49. The monoisotopic (exact) mass is 283 g/mol. The van der Waals surface area contributed by atoms with Crippen molar-refractivity contribution < 1.29 is 4.74 Å². The predicted molar refractivity (Wildman–Crippen MR) is 83.9 cm³/mol. The topological polar surface area (TPSA) is 41.7 Å². The second-order valence-corrected chi connectivity index (χ2v) is 6.99. The molecule has 0 unspecified atom stereocenters. The van der Waals surface area contributed by atoms with E-state index in [1.54, 1.807) is 0 Å². The third kappa shape index (κ3) is 3.73. The molecule has 1 aliphatic carbocycles. The van der Waals surface area contributed by atoms with E-state index in [0.717, 1.165) is 25.3 Å². The fourth-order valence-electron chi connectivity index (χ4n) is 3.93. The number of piperidine rings is 1. The van der Waals surface area contributed by atoms with Gasteiger partial charge in [0.15, 0.2) is 0 Å². The Morgan fingerprint density at radius 3 is 2.30 bits per heavy atom. The smallest absolute Gasteiger partial charge is 0.0572 e. The molecule has 0 aromatic carbocycles. The molecule has 2 N–H and O–H groups in total. The molecule has 1 aliphatic heterocycles. The van der Waals surface area contributed by atoms with Gasteiger partial charge in [0.1, 0.15) is 0 Å². The van der Waals surface area contributed by atoms with Crippen LogP contribution in [0.3, 0.4) is 0 Å². The molecule has 2 aliphatic rings. The summed E-state index contributed by atoms with van der Waals surface area (Å²) >= 11 is 0. The van der Waals surface area contributed by atoms with Crippen molar-refractivity contribution in [3.8, 4) is 0 Å². The van der Waals surface area contributed by atoms with Crippen LogP contribution in [0.25, 0.3) is 0 Å². The number of ether oxygens (including phenoxy) is 1. The summed E-state index contributed by atoms with van der Waals surface area (Å²) in [7, 11) is 6.36. The minimum Gasteiger partial charge on any atom is -0.381 e. The lowest BCUT2D eigenvalue weighted by molar-refractivity contribution is -0.00489. The van der Waals surface area contributed by atoms with Crippen molar-refractivity contribution >= 4 is 0 Å². The van der Waals surface area contributed by atoms with Gasteiger partial charge in [0.2, 0.25) is 0 Å². The highest BCUT2D eigenvalue weighted by molar-refractivity contribution is 4.96. The second-order valence-electron chi connectivity index (χ2n) is 6.99. The zero-order valence-corrected chi connectivity index (χ0v) is 13.6. The van der Waals surface area contributed by atoms with Crippen LogP contribution in [0.2, 0.25) is 0 Å². The van der Waals surface area contributed by atoms with E-state index in [2.05, 4.69) is 23.9 Å². The van der Waals surface area contributed by atoms with Crippen LogP contribution in [0.15, 0.2) is 0 Å². The summed E-state index contributed by atoms with van der Waals surface area (Å²) in [5.41, 5.74) is 6.38. The quantitative estimate of drug-likeness (QED) is 0.831. The molecule has 1 saturated carbocycles. The minimum atomic E-state index is 0.221. The number of rotatable bonds is 5. The van der Waals surface area contributed by atoms with E-state index in [0.29, 0.717) is 6.10 Å². The summed E-state index contributed by atoms with van der Waals surface area (Å²) in [5.74, 6) is 0.847. The Kier molecular flexibility index (Phi) is 5.84. The summed E-state index contributed by atoms with van der Waals surface area (Å²) in [5, 5.41) is 0. The molecule has 0 bridgehead atoms. The van der Waals surface area contributed by atoms with Crippen LogP contribution in [0.5, 0.6) is 0 Å². The highest BCUT2D eigenvalue weighted by Gasteiger charge is 2.38. The number of likely N-dealkylation sites (N-methyl/N-ethyl adjacent to an activating group) is 1. The van der Waals surface area contributed by atoms with Crippen LogP contribution in [0, 0.1) is 5.92 Å². The molecule has 2 fully saturated rings. The molecule has 0 atom stereocenters. The molecule has 0 aromatic heterocycles. The molecule has 0 spiro atoms. The van der Waals surface area contributed by atoms with E-state index < -0.39 is 0 Å². The van der Waals surface area contributed by atoms with Crippen molar-refractivity contribution in [2.24, 2.45) is 11.7 Å². The zero-order valence-electron chi connectivity index (χ0n) is 13.6. The average molecular weight is 283 g/mol. The number of hydrogen-bond acceptors (Lipinski definition) is 4. The second kappa shape index (κ2) is 7.21. The first-order chi connectivity index (χ1) is 9.59. The van der Waals surface area contributed by atoms with E-state index in [1.807, 2.05) is 7.11 Å². The fourth-order valence-corrected chi connectivity index (χ4v) is 3.93. The molecule has 1 heterocycles.